The fraction of sp³-hybridized carbons (Fsp3) is 0.200. The Bertz CT molecular complexity index is 1010. The number of benzene rings is 2. The molecule has 3 rings (SSSR count). The molecule has 1 aliphatic rings. The lowest BCUT2D eigenvalue weighted by Crippen LogP contribution is -2.39. The zero-order chi connectivity index (χ0) is 21.7. The minimum Gasteiger partial charge on any atom is -0.466 e. The van der Waals surface area contributed by atoms with Gasteiger partial charge in [0, 0.05) is 15.9 Å². The lowest BCUT2D eigenvalue weighted by molar-refractivity contribution is -0.384. The Balaban J connectivity index is 2.12. The molecule has 0 aromatic heterocycles. The van der Waals surface area contributed by atoms with Crippen LogP contribution in [-0.4, -0.2) is 44.4 Å². The SMILES string of the molecule is COC(=O)C1=C(C(=O)OC)N(c2cc(Sc3ccccc3)ccc2[N+](=O)[O-])COC1. The number of ether oxygens (including phenoxy) is 3. The van der Waals surface area contributed by atoms with E-state index in [1.165, 1.54) is 29.8 Å². The van der Waals surface area contributed by atoms with Crippen molar-refractivity contribution in [3.8, 4) is 0 Å². The summed E-state index contributed by atoms with van der Waals surface area (Å²) in [5.74, 6) is -1.60. The standard InChI is InChI=1S/C20H18N2O7S/c1-27-19(23)15-11-29-12-21(18(15)20(24)28-2)17-10-14(8-9-16(17)22(25)26)30-13-6-4-3-5-7-13/h3-10H,11-12H2,1-2H3. The number of anilines is 1. The summed E-state index contributed by atoms with van der Waals surface area (Å²) in [6.45, 7) is -0.356. The minimum absolute atomic E-state index is 0.0778. The van der Waals surface area contributed by atoms with Gasteiger partial charge in [0.25, 0.3) is 5.69 Å². The zero-order valence-corrected chi connectivity index (χ0v) is 17.0. The fourth-order valence-corrected chi connectivity index (χ4v) is 3.77. The Labute approximate surface area is 176 Å². The van der Waals surface area contributed by atoms with Crippen molar-refractivity contribution in [2.75, 3.05) is 32.5 Å². The average Bonchev–Trinajstić information content (AvgIpc) is 2.78. The van der Waals surface area contributed by atoms with E-state index in [1.54, 1.807) is 12.1 Å². The topological polar surface area (TPSA) is 108 Å². The third-order valence-electron chi connectivity index (χ3n) is 4.25. The molecule has 0 spiro atoms. The zero-order valence-electron chi connectivity index (χ0n) is 16.2. The van der Waals surface area contributed by atoms with E-state index in [1.807, 2.05) is 30.3 Å². The molecule has 10 heteroatoms. The predicted molar refractivity (Wildman–Crippen MR) is 108 cm³/mol. The highest BCUT2D eigenvalue weighted by Crippen LogP contribution is 2.38. The quantitative estimate of drug-likeness (QED) is 0.388. The molecular weight excluding hydrogens is 412 g/mol. The van der Waals surface area contributed by atoms with E-state index < -0.39 is 16.9 Å². The first-order valence-electron chi connectivity index (χ1n) is 8.72. The van der Waals surface area contributed by atoms with Crippen LogP contribution in [0.15, 0.2) is 69.6 Å². The number of nitro benzene ring substituents is 1. The first-order chi connectivity index (χ1) is 14.5. The first-order valence-corrected chi connectivity index (χ1v) is 9.54. The second-order valence-corrected chi connectivity index (χ2v) is 7.19. The van der Waals surface area contributed by atoms with Crippen molar-refractivity contribution >= 4 is 35.1 Å². The maximum Gasteiger partial charge on any atom is 0.355 e. The Hall–Kier alpha value is -3.37. The molecule has 0 unspecified atom stereocenters. The third kappa shape index (κ3) is 4.44. The number of esters is 2. The van der Waals surface area contributed by atoms with E-state index in [4.69, 9.17) is 14.2 Å². The summed E-state index contributed by atoms with van der Waals surface area (Å²) in [4.78, 5) is 38.6. The van der Waals surface area contributed by atoms with Gasteiger partial charge in [0.1, 0.15) is 18.1 Å². The van der Waals surface area contributed by atoms with Crippen LogP contribution in [0, 0.1) is 10.1 Å². The number of nitrogens with zero attached hydrogens (tertiary/aromatic N) is 2. The summed E-state index contributed by atoms with van der Waals surface area (Å²) < 4.78 is 15.0. The van der Waals surface area contributed by atoms with Gasteiger partial charge in [-0.05, 0) is 24.3 Å². The summed E-state index contributed by atoms with van der Waals surface area (Å²) in [7, 11) is 2.33. The second kappa shape index (κ2) is 9.42. The van der Waals surface area contributed by atoms with Crippen molar-refractivity contribution in [2.45, 2.75) is 9.79 Å². The number of methoxy groups -OCH3 is 2. The van der Waals surface area contributed by atoms with Gasteiger partial charge in [0.05, 0.1) is 31.3 Å². The van der Waals surface area contributed by atoms with Gasteiger partial charge in [0.15, 0.2) is 0 Å². The molecule has 30 heavy (non-hydrogen) atoms. The fourth-order valence-electron chi connectivity index (χ4n) is 2.90. The van der Waals surface area contributed by atoms with Crippen LogP contribution in [0.5, 0.6) is 0 Å². The van der Waals surface area contributed by atoms with Gasteiger partial charge in [-0.15, -0.1) is 0 Å². The van der Waals surface area contributed by atoms with Crippen LogP contribution < -0.4 is 4.90 Å². The lowest BCUT2D eigenvalue weighted by atomic mass is 10.1. The summed E-state index contributed by atoms with van der Waals surface area (Å²) in [6.07, 6.45) is 0. The largest absolute Gasteiger partial charge is 0.466 e. The Morgan fingerprint density at radius 1 is 1.07 bits per heavy atom. The molecule has 0 N–H and O–H groups in total. The van der Waals surface area contributed by atoms with Crippen molar-refractivity contribution in [1.29, 1.82) is 0 Å². The van der Waals surface area contributed by atoms with Crippen LogP contribution in [0.2, 0.25) is 0 Å². The summed E-state index contributed by atoms with van der Waals surface area (Å²) in [5, 5.41) is 11.7. The normalized spacial score (nSPS) is 13.7. The third-order valence-corrected chi connectivity index (χ3v) is 5.24. The second-order valence-electron chi connectivity index (χ2n) is 6.04. The van der Waals surface area contributed by atoms with Crippen molar-refractivity contribution in [3.05, 3.63) is 69.9 Å². The summed E-state index contributed by atoms with van der Waals surface area (Å²) in [6, 6.07) is 14.0. The highest BCUT2D eigenvalue weighted by Gasteiger charge is 2.35. The average molecular weight is 430 g/mol. The van der Waals surface area contributed by atoms with Crippen LogP contribution in [0.3, 0.4) is 0 Å². The number of hydrogen-bond donors (Lipinski definition) is 0. The molecule has 2 aromatic carbocycles. The number of rotatable bonds is 6. The van der Waals surface area contributed by atoms with Gasteiger partial charge in [-0.1, -0.05) is 30.0 Å². The molecule has 0 saturated carbocycles. The van der Waals surface area contributed by atoms with E-state index in [0.29, 0.717) is 4.90 Å². The predicted octanol–water partition coefficient (Wildman–Crippen LogP) is 3.14. The van der Waals surface area contributed by atoms with Gasteiger partial charge in [-0.25, -0.2) is 9.59 Å². The molecule has 0 radical (unpaired) electrons. The van der Waals surface area contributed by atoms with Crippen LogP contribution in [0.25, 0.3) is 0 Å². The Morgan fingerprint density at radius 3 is 2.40 bits per heavy atom. The molecule has 0 aliphatic carbocycles. The number of carbonyl (C=O) groups excluding carboxylic acids is 2. The summed E-state index contributed by atoms with van der Waals surface area (Å²) in [5.41, 5.74) is -0.377. The highest BCUT2D eigenvalue weighted by atomic mass is 32.2. The van der Waals surface area contributed by atoms with Gasteiger partial charge < -0.3 is 19.1 Å². The van der Waals surface area contributed by atoms with Crippen LogP contribution >= 0.6 is 11.8 Å². The Morgan fingerprint density at radius 2 is 1.77 bits per heavy atom. The molecular formula is C20H18N2O7S. The summed E-state index contributed by atoms with van der Waals surface area (Å²) >= 11 is 1.40. The molecule has 156 valence electrons. The monoisotopic (exact) mass is 430 g/mol. The molecule has 0 bridgehead atoms. The van der Waals surface area contributed by atoms with E-state index in [-0.39, 0.29) is 36.0 Å². The van der Waals surface area contributed by atoms with E-state index in [0.717, 1.165) is 12.0 Å². The van der Waals surface area contributed by atoms with E-state index in [9.17, 15) is 19.7 Å². The molecule has 9 nitrogen and oxygen atoms in total. The molecule has 1 aliphatic heterocycles. The van der Waals surface area contributed by atoms with E-state index in [2.05, 4.69) is 0 Å². The lowest BCUT2D eigenvalue weighted by Gasteiger charge is -2.31. The molecule has 0 atom stereocenters. The highest BCUT2D eigenvalue weighted by molar-refractivity contribution is 7.99. The minimum atomic E-state index is -0.825. The van der Waals surface area contributed by atoms with Crippen molar-refractivity contribution in [2.24, 2.45) is 0 Å². The molecule has 1 heterocycles. The van der Waals surface area contributed by atoms with Crippen LogP contribution in [0.1, 0.15) is 0 Å². The van der Waals surface area contributed by atoms with Crippen molar-refractivity contribution in [3.63, 3.8) is 0 Å². The molecule has 2 aromatic rings. The molecule has 0 amide bonds. The maximum atomic E-state index is 12.5. The first kappa shape index (κ1) is 21.3. The van der Waals surface area contributed by atoms with E-state index >= 15 is 0 Å². The van der Waals surface area contributed by atoms with Crippen LogP contribution in [0.4, 0.5) is 11.4 Å². The number of carbonyl (C=O) groups is 2. The Kier molecular flexibility index (Phi) is 6.70. The van der Waals surface area contributed by atoms with Crippen molar-refractivity contribution < 1.29 is 28.7 Å². The van der Waals surface area contributed by atoms with Gasteiger partial charge >= 0.3 is 11.9 Å². The number of nitro groups is 1. The number of hydrogen-bond acceptors (Lipinski definition) is 9. The van der Waals surface area contributed by atoms with Gasteiger partial charge in [-0.2, -0.15) is 0 Å². The van der Waals surface area contributed by atoms with Crippen molar-refractivity contribution in [1.82, 2.24) is 0 Å². The van der Waals surface area contributed by atoms with Gasteiger partial charge in [0.2, 0.25) is 0 Å². The molecule has 0 fully saturated rings. The molecule has 0 saturated heterocycles. The van der Waals surface area contributed by atoms with Gasteiger partial charge in [-0.3, -0.25) is 10.1 Å². The smallest absolute Gasteiger partial charge is 0.355 e. The van der Waals surface area contributed by atoms with Crippen LogP contribution in [-0.2, 0) is 23.8 Å². The maximum absolute atomic E-state index is 12.5.